The fraction of sp³-hybridized carbons (Fsp3) is 0.200. The monoisotopic (exact) mass is 477 g/mol. The zero-order valence-corrected chi connectivity index (χ0v) is 19.1. The van der Waals surface area contributed by atoms with E-state index in [-0.39, 0.29) is 11.9 Å². The molecule has 0 unspecified atom stereocenters. The highest BCUT2D eigenvalue weighted by Gasteiger charge is 2.18. The average Bonchev–Trinajstić information content (AvgIpc) is 3.23. The van der Waals surface area contributed by atoms with Crippen molar-refractivity contribution < 1.29 is 14.1 Å². The Hall–Kier alpha value is -3.59. The quantitative estimate of drug-likeness (QED) is 0.364. The third-order valence-corrected chi connectivity index (χ3v) is 6.01. The highest BCUT2D eigenvalue weighted by molar-refractivity contribution is 6.30. The number of carbonyl (C=O) groups excluding carboxylic acids is 1. The summed E-state index contributed by atoms with van der Waals surface area (Å²) in [6, 6.07) is 18.3. The van der Waals surface area contributed by atoms with Gasteiger partial charge in [-0.3, -0.25) is 4.90 Å². The molecule has 4 N–H and O–H groups in total. The molecular weight excluding hydrogens is 454 g/mol. The highest BCUT2D eigenvalue weighted by atomic mass is 35.5. The van der Waals surface area contributed by atoms with Crippen molar-refractivity contribution in [1.82, 2.24) is 10.1 Å². The number of halogens is 1. The second kappa shape index (κ2) is 9.72. The van der Waals surface area contributed by atoms with Gasteiger partial charge in [-0.15, -0.1) is 0 Å². The molecule has 0 radical (unpaired) electrons. The number of aromatic nitrogens is 1. The number of nitrogens with one attached hydrogen (secondary N) is 2. The highest BCUT2D eigenvalue weighted by Crippen LogP contribution is 2.35. The number of nitrogens with zero attached hydrogens (tertiary/aromatic N) is 2. The van der Waals surface area contributed by atoms with E-state index in [4.69, 9.17) is 26.6 Å². The van der Waals surface area contributed by atoms with Crippen LogP contribution in [-0.4, -0.2) is 42.4 Å². The van der Waals surface area contributed by atoms with Crippen LogP contribution in [0, 0.1) is 0 Å². The molecule has 1 aromatic heterocycles. The number of anilines is 3. The van der Waals surface area contributed by atoms with Crippen LogP contribution in [0.1, 0.15) is 5.56 Å². The summed E-state index contributed by atoms with van der Waals surface area (Å²) in [5.74, 6) is 0.289. The predicted octanol–water partition coefficient (Wildman–Crippen LogP) is 5.21. The Labute approximate surface area is 201 Å². The van der Waals surface area contributed by atoms with Crippen LogP contribution in [0.2, 0.25) is 5.02 Å². The maximum absolute atomic E-state index is 12.3. The lowest BCUT2D eigenvalue weighted by molar-refractivity contribution is 0.0343. The summed E-state index contributed by atoms with van der Waals surface area (Å²) in [5, 5.41) is 11.2. The van der Waals surface area contributed by atoms with E-state index < -0.39 is 0 Å². The van der Waals surface area contributed by atoms with Crippen molar-refractivity contribution in [2.45, 2.75) is 6.54 Å². The Balaban J connectivity index is 1.34. The lowest BCUT2D eigenvalue weighted by atomic mass is 9.98. The molecular formula is C25H24ClN5O3. The summed E-state index contributed by atoms with van der Waals surface area (Å²) in [6.07, 6.45) is 0. The van der Waals surface area contributed by atoms with Crippen molar-refractivity contribution in [1.29, 1.82) is 0 Å². The van der Waals surface area contributed by atoms with E-state index in [2.05, 4.69) is 26.8 Å². The molecule has 0 saturated carbocycles. The molecule has 9 heteroatoms. The Kier molecular flexibility index (Phi) is 6.35. The summed E-state index contributed by atoms with van der Waals surface area (Å²) >= 11 is 5.97. The molecule has 34 heavy (non-hydrogen) atoms. The molecule has 0 atom stereocenters. The van der Waals surface area contributed by atoms with Gasteiger partial charge in [0.25, 0.3) is 0 Å². The summed E-state index contributed by atoms with van der Waals surface area (Å²) in [6.45, 7) is 4.00. The molecule has 1 saturated heterocycles. The van der Waals surface area contributed by atoms with Crippen molar-refractivity contribution in [3.8, 4) is 11.1 Å². The number of carbonyl (C=O) groups is 1. The molecule has 0 spiro atoms. The number of ether oxygens (including phenoxy) is 1. The smallest absolute Gasteiger partial charge is 0.323 e. The molecule has 5 rings (SSSR count). The van der Waals surface area contributed by atoms with Gasteiger partial charge in [-0.1, -0.05) is 47.1 Å². The first-order chi connectivity index (χ1) is 16.6. The van der Waals surface area contributed by atoms with Gasteiger partial charge in [-0.05, 0) is 47.0 Å². The van der Waals surface area contributed by atoms with Crippen LogP contribution in [0.4, 0.5) is 22.1 Å². The van der Waals surface area contributed by atoms with Crippen LogP contribution in [0.25, 0.3) is 22.0 Å². The van der Waals surface area contributed by atoms with Gasteiger partial charge in [0.05, 0.1) is 18.6 Å². The first-order valence-electron chi connectivity index (χ1n) is 11.0. The second-order valence-electron chi connectivity index (χ2n) is 8.10. The summed E-state index contributed by atoms with van der Waals surface area (Å²) in [5.41, 5.74) is 11.1. The Bertz CT molecular complexity index is 1320. The molecule has 1 aliphatic rings. The Morgan fingerprint density at radius 2 is 1.79 bits per heavy atom. The normalized spacial score (nSPS) is 14.3. The Morgan fingerprint density at radius 3 is 2.56 bits per heavy atom. The van der Waals surface area contributed by atoms with E-state index in [1.807, 2.05) is 30.3 Å². The number of benzene rings is 3. The maximum Gasteiger partial charge on any atom is 0.323 e. The number of hydrogen-bond acceptors (Lipinski definition) is 6. The van der Waals surface area contributed by atoms with Gasteiger partial charge in [-0.25, -0.2) is 4.79 Å². The van der Waals surface area contributed by atoms with Gasteiger partial charge in [0.1, 0.15) is 5.52 Å². The maximum atomic E-state index is 12.3. The number of morpholine rings is 1. The molecule has 3 aromatic carbocycles. The first-order valence-corrected chi connectivity index (χ1v) is 11.4. The van der Waals surface area contributed by atoms with E-state index in [0.29, 0.717) is 16.4 Å². The number of rotatable bonds is 5. The van der Waals surface area contributed by atoms with E-state index in [1.54, 1.807) is 24.3 Å². The zero-order valence-electron chi connectivity index (χ0n) is 18.4. The van der Waals surface area contributed by atoms with Gasteiger partial charge in [0, 0.05) is 36.0 Å². The molecule has 4 aromatic rings. The summed E-state index contributed by atoms with van der Waals surface area (Å²) in [7, 11) is 0. The second-order valence-corrected chi connectivity index (χ2v) is 8.53. The largest absolute Gasteiger partial charge is 0.379 e. The van der Waals surface area contributed by atoms with Crippen LogP contribution in [0.15, 0.2) is 65.2 Å². The molecule has 1 aliphatic heterocycles. The minimum atomic E-state index is -0.354. The number of nitrogens with two attached hydrogens (primary N) is 1. The van der Waals surface area contributed by atoms with E-state index in [9.17, 15) is 4.79 Å². The minimum absolute atomic E-state index is 0.289. The van der Waals surface area contributed by atoms with Gasteiger partial charge in [0.2, 0.25) is 5.88 Å². The number of fused-ring (bicyclic) bond motifs is 1. The zero-order chi connectivity index (χ0) is 23.5. The molecule has 0 bridgehead atoms. The Morgan fingerprint density at radius 1 is 1.03 bits per heavy atom. The topological polar surface area (TPSA) is 106 Å². The third-order valence-electron chi connectivity index (χ3n) is 5.78. The average molecular weight is 478 g/mol. The standard InChI is InChI=1S/C25H24ClN5O3/c26-18-2-1-3-20(14-18)29-25(32)28-19-7-4-16(5-8-19)21-9-6-17(15-31-10-12-33-13-11-31)23-22(21)24(27)34-30-23/h1-9,14H,10-13,15,27H2,(H2,28,29,32). The molecule has 0 aliphatic carbocycles. The van der Waals surface area contributed by atoms with E-state index in [1.165, 1.54) is 0 Å². The van der Waals surface area contributed by atoms with Crippen molar-refractivity contribution in [2.75, 3.05) is 42.7 Å². The van der Waals surface area contributed by atoms with Gasteiger partial charge < -0.3 is 25.6 Å². The van der Waals surface area contributed by atoms with Crippen LogP contribution in [-0.2, 0) is 11.3 Å². The van der Waals surface area contributed by atoms with Crippen LogP contribution < -0.4 is 16.4 Å². The fourth-order valence-electron chi connectivity index (χ4n) is 4.09. The molecule has 174 valence electrons. The van der Waals surface area contributed by atoms with Crippen LogP contribution in [0.3, 0.4) is 0 Å². The summed E-state index contributed by atoms with van der Waals surface area (Å²) < 4.78 is 10.8. The van der Waals surface area contributed by atoms with Crippen molar-refractivity contribution >= 4 is 45.8 Å². The van der Waals surface area contributed by atoms with Crippen LogP contribution >= 0.6 is 11.6 Å². The number of urea groups is 1. The van der Waals surface area contributed by atoms with E-state index >= 15 is 0 Å². The fourth-order valence-corrected chi connectivity index (χ4v) is 4.28. The van der Waals surface area contributed by atoms with Gasteiger partial charge >= 0.3 is 6.03 Å². The van der Waals surface area contributed by atoms with Gasteiger partial charge in [0.15, 0.2) is 0 Å². The first kappa shape index (κ1) is 22.2. The van der Waals surface area contributed by atoms with Crippen molar-refractivity contribution in [2.24, 2.45) is 0 Å². The SMILES string of the molecule is Nc1onc2c(CN3CCOCC3)ccc(-c3ccc(NC(=O)Nc4cccc(Cl)c4)cc3)c12. The molecule has 1 fully saturated rings. The lowest BCUT2D eigenvalue weighted by Crippen LogP contribution is -2.35. The lowest BCUT2D eigenvalue weighted by Gasteiger charge is -2.26. The van der Waals surface area contributed by atoms with Crippen molar-refractivity contribution in [3.63, 3.8) is 0 Å². The minimum Gasteiger partial charge on any atom is -0.379 e. The van der Waals surface area contributed by atoms with Gasteiger partial charge in [-0.2, -0.15) is 0 Å². The predicted molar refractivity (Wildman–Crippen MR) is 134 cm³/mol. The summed E-state index contributed by atoms with van der Waals surface area (Å²) in [4.78, 5) is 14.7. The number of nitrogen functional groups attached to an aromatic ring is 1. The molecule has 2 amide bonds. The van der Waals surface area contributed by atoms with Crippen molar-refractivity contribution in [3.05, 3.63) is 71.2 Å². The molecule has 8 nitrogen and oxygen atoms in total. The molecule has 2 heterocycles. The third kappa shape index (κ3) is 4.84. The van der Waals surface area contributed by atoms with E-state index in [0.717, 1.165) is 60.4 Å². The number of hydrogen-bond donors (Lipinski definition) is 3. The number of amides is 2. The van der Waals surface area contributed by atoms with Crippen LogP contribution in [0.5, 0.6) is 0 Å².